The number of rotatable bonds is 6. The van der Waals surface area contributed by atoms with Gasteiger partial charge in [-0.15, -0.1) is 0 Å². The zero-order valence-electron chi connectivity index (χ0n) is 18.6. The number of nitrogens with one attached hydrogen (secondary N) is 2. The molecule has 2 amide bonds. The summed E-state index contributed by atoms with van der Waals surface area (Å²) < 4.78 is 39.0. The zero-order valence-corrected chi connectivity index (χ0v) is 20.2. The number of amides is 2. The Morgan fingerprint density at radius 2 is 1.68 bits per heavy atom. The molecular formula is C25H27BrF3N3O2. The van der Waals surface area contributed by atoms with E-state index in [0.29, 0.717) is 12.0 Å². The zero-order chi connectivity index (χ0) is 24.3. The Kier molecular flexibility index (Phi) is 7.62. The van der Waals surface area contributed by atoms with Crippen LogP contribution < -0.4 is 10.6 Å². The molecule has 2 N–H and O–H groups in total. The van der Waals surface area contributed by atoms with Gasteiger partial charge in [0, 0.05) is 29.2 Å². The van der Waals surface area contributed by atoms with Crippen molar-refractivity contribution >= 4 is 27.7 Å². The lowest BCUT2D eigenvalue weighted by molar-refractivity contribution is -0.137. The van der Waals surface area contributed by atoms with Crippen molar-refractivity contribution in [3.8, 4) is 0 Å². The first-order valence-corrected chi connectivity index (χ1v) is 12.2. The Morgan fingerprint density at radius 1 is 1.00 bits per heavy atom. The summed E-state index contributed by atoms with van der Waals surface area (Å²) in [5, 5.41) is 5.29. The summed E-state index contributed by atoms with van der Waals surface area (Å²) in [7, 11) is 0. The number of benzene rings is 2. The van der Waals surface area contributed by atoms with Gasteiger partial charge in [-0.1, -0.05) is 46.3 Å². The summed E-state index contributed by atoms with van der Waals surface area (Å²) in [6.07, 6.45) is 0.0541. The highest BCUT2D eigenvalue weighted by Gasteiger charge is 2.35. The van der Waals surface area contributed by atoms with E-state index in [2.05, 4.69) is 55.7 Å². The maximum absolute atomic E-state index is 13.0. The predicted molar refractivity (Wildman–Crippen MR) is 126 cm³/mol. The van der Waals surface area contributed by atoms with Crippen LogP contribution in [0.1, 0.15) is 53.1 Å². The van der Waals surface area contributed by atoms with Crippen molar-refractivity contribution in [3.05, 3.63) is 69.7 Å². The smallest absolute Gasteiger partial charge is 0.349 e. The lowest BCUT2D eigenvalue weighted by Crippen LogP contribution is -2.63. The van der Waals surface area contributed by atoms with Crippen molar-refractivity contribution in [3.63, 3.8) is 0 Å². The number of carbonyl (C=O) groups excluding carboxylic acids is 2. The molecule has 182 valence electrons. The summed E-state index contributed by atoms with van der Waals surface area (Å²) in [6.45, 7) is 1.27. The summed E-state index contributed by atoms with van der Waals surface area (Å²) in [5.41, 5.74) is 0.327. The average molecular weight is 538 g/mol. The summed E-state index contributed by atoms with van der Waals surface area (Å²) in [6, 6.07) is 14.1. The molecule has 1 saturated heterocycles. The molecule has 0 aromatic heterocycles. The largest absolute Gasteiger partial charge is 0.416 e. The van der Waals surface area contributed by atoms with E-state index < -0.39 is 17.6 Å². The third-order valence-corrected chi connectivity index (χ3v) is 7.11. The second-order valence-corrected chi connectivity index (χ2v) is 9.96. The van der Waals surface area contributed by atoms with Gasteiger partial charge in [0.15, 0.2) is 0 Å². The lowest BCUT2D eigenvalue weighted by Gasteiger charge is -2.46. The number of hydrogen-bond acceptors (Lipinski definition) is 3. The van der Waals surface area contributed by atoms with Crippen molar-refractivity contribution < 1.29 is 22.8 Å². The molecule has 0 radical (unpaired) electrons. The standard InChI is InChI=1S/C25H27BrF3N3O2/c26-20-11-18(10-19(12-20)25(27,28)29)24(34)30-13-23(33)31-21-14-32(15-21)22-8-6-17(7-9-22)16-4-2-1-3-5-16/h1-5,10-12,17,21-22H,6-9,13-15H2,(H,30,34)(H,31,33)/t17-,22+. The van der Waals surface area contributed by atoms with Crippen LogP contribution in [0.5, 0.6) is 0 Å². The van der Waals surface area contributed by atoms with Crippen molar-refractivity contribution in [2.45, 2.75) is 49.9 Å². The maximum atomic E-state index is 13.0. The Morgan fingerprint density at radius 3 is 2.32 bits per heavy atom. The lowest BCUT2D eigenvalue weighted by atomic mass is 9.80. The van der Waals surface area contributed by atoms with Gasteiger partial charge in [0.25, 0.3) is 5.91 Å². The van der Waals surface area contributed by atoms with E-state index in [1.807, 2.05) is 6.07 Å². The molecule has 2 aromatic carbocycles. The summed E-state index contributed by atoms with van der Waals surface area (Å²) >= 11 is 2.99. The number of alkyl halides is 3. The fourth-order valence-corrected chi connectivity index (χ4v) is 5.32. The van der Waals surface area contributed by atoms with Crippen LogP contribution >= 0.6 is 15.9 Å². The first-order valence-electron chi connectivity index (χ1n) is 11.4. The maximum Gasteiger partial charge on any atom is 0.416 e. The Bertz CT molecular complexity index is 1020. The van der Waals surface area contributed by atoms with Gasteiger partial charge in [-0.05, 0) is 55.4 Å². The van der Waals surface area contributed by atoms with Crippen LogP contribution in [0.4, 0.5) is 13.2 Å². The Hall–Kier alpha value is -2.39. The van der Waals surface area contributed by atoms with Gasteiger partial charge in [-0.2, -0.15) is 13.2 Å². The van der Waals surface area contributed by atoms with Crippen LogP contribution in [0.2, 0.25) is 0 Å². The van der Waals surface area contributed by atoms with Gasteiger partial charge in [0.2, 0.25) is 5.91 Å². The molecule has 2 aliphatic rings. The molecule has 4 rings (SSSR count). The van der Waals surface area contributed by atoms with E-state index in [1.165, 1.54) is 24.5 Å². The van der Waals surface area contributed by atoms with E-state index in [4.69, 9.17) is 0 Å². The fourth-order valence-electron chi connectivity index (χ4n) is 4.83. The number of halogens is 4. The molecule has 9 heteroatoms. The molecule has 1 aliphatic carbocycles. The van der Waals surface area contributed by atoms with E-state index in [1.54, 1.807) is 0 Å². The summed E-state index contributed by atoms with van der Waals surface area (Å²) in [5.74, 6) is -0.459. The predicted octanol–water partition coefficient (Wildman–Crippen LogP) is 4.72. The van der Waals surface area contributed by atoms with Gasteiger partial charge in [0.1, 0.15) is 0 Å². The SMILES string of the molecule is O=C(CNC(=O)c1cc(Br)cc(C(F)(F)F)c1)NC1CN([C@H]2CC[C@@H](c3ccccc3)CC2)C1. The first-order chi connectivity index (χ1) is 16.2. The molecule has 1 saturated carbocycles. The molecular weight excluding hydrogens is 511 g/mol. The minimum Gasteiger partial charge on any atom is -0.349 e. The molecule has 0 atom stereocenters. The molecule has 0 unspecified atom stereocenters. The first kappa shape index (κ1) is 24.7. The molecule has 2 fully saturated rings. The van der Waals surface area contributed by atoms with Crippen LogP contribution in [0.3, 0.4) is 0 Å². The number of nitrogens with zero attached hydrogens (tertiary/aromatic N) is 1. The highest BCUT2D eigenvalue weighted by Crippen LogP contribution is 2.36. The minimum atomic E-state index is -4.56. The number of hydrogen-bond donors (Lipinski definition) is 2. The van der Waals surface area contributed by atoms with Crippen LogP contribution in [0, 0.1) is 0 Å². The molecule has 2 aromatic rings. The molecule has 5 nitrogen and oxygen atoms in total. The molecule has 34 heavy (non-hydrogen) atoms. The Balaban J connectivity index is 1.17. The highest BCUT2D eigenvalue weighted by atomic mass is 79.9. The Labute approximate surface area is 205 Å². The van der Waals surface area contributed by atoms with E-state index in [9.17, 15) is 22.8 Å². The topological polar surface area (TPSA) is 61.4 Å². The van der Waals surface area contributed by atoms with E-state index in [0.717, 1.165) is 38.1 Å². The second-order valence-electron chi connectivity index (χ2n) is 9.04. The van der Waals surface area contributed by atoms with Crippen molar-refractivity contribution in [2.24, 2.45) is 0 Å². The van der Waals surface area contributed by atoms with Crippen LogP contribution in [0.15, 0.2) is 53.0 Å². The van der Waals surface area contributed by atoms with E-state index >= 15 is 0 Å². The van der Waals surface area contributed by atoms with Crippen molar-refractivity contribution in [1.82, 2.24) is 15.5 Å². The summed E-state index contributed by atoms with van der Waals surface area (Å²) in [4.78, 5) is 26.9. The van der Waals surface area contributed by atoms with Gasteiger partial charge in [0.05, 0.1) is 18.2 Å². The second kappa shape index (κ2) is 10.5. The van der Waals surface area contributed by atoms with Crippen molar-refractivity contribution in [1.29, 1.82) is 0 Å². The fraction of sp³-hybridized carbons (Fsp3) is 0.440. The van der Waals surface area contributed by atoms with Gasteiger partial charge < -0.3 is 10.6 Å². The third-order valence-electron chi connectivity index (χ3n) is 6.66. The molecule has 1 aliphatic heterocycles. The molecule has 0 spiro atoms. The van der Waals surface area contributed by atoms with Gasteiger partial charge >= 0.3 is 6.18 Å². The number of likely N-dealkylation sites (tertiary alicyclic amines) is 1. The normalized spacial score (nSPS) is 21.5. The van der Waals surface area contributed by atoms with Crippen molar-refractivity contribution in [2.75, 3.05) is 19.6 Å². The average Bonchev–Trinajstić information content (AvgIpc) is 2.79. The molecule has 0 bridgehead atoms. The number of carbonyl (C=O) groups is 2. The molecule has 1 heterocycles. The van der Waals surface area contributed by atoms with Crippen LogP contribution in [-0.2, 0) is 11.0 Å². The van der Waals surface area contributed by atoms with Crippen LogP contribution in [0.25, 0.3) is 0 Å². The third kappa shape index (κ3) is 6.18. The quantitative estimate of drug-likeness (QED) is 0.560. The van der Waals surface area contributed by atoms with Gasteiger partial charge in [-0.25, -0.2) is 0 Å². The minimum absolute atomic E-state index is 0.0268. The highest BCUT2D eigenvalue weighted by molar-refractivity contribution is 9.10. The van der Waals surface area contributed by atoms with Gasteiger partial charge in [-0.3, -0.25) is 14.5 Å². The van der Waals surface area contributed by atoms with Crippen LogP contribution in [-0.4, -0.2) is 48.4 Å². The monoisotopic (exact) mass is 537 g/mol. The van der Waals surface area contributed by atoms with E-state index in [-0.39, 0.29) is 28.5 Å².